The van der Waals surface area contributed by atoms with Crippen LogP contribution in [0.3, 0.4) is 0 Å². The summed E-state index contributed by atoms with van der Waals surface area (Å²) in [7, 11) is 0. The molecule has 128 valence electrons. The molecule has 3 rings (SSSR count). The molecule has 5 heteroatoms. The Morgan fingerprint density at radius 2 is 1.78 bits per heavy atom. The number of nitrogens with zero attached hydrogens (tertiary/aromatic N) is 5. The maximum Gasteiger partial charge on any atom is 0.225 e. The van der Waals surface area contributed by atoms with Gasteiger partial charge in [0.2, 0.25) is 5.95 Å². The van der Waals surface area contributed by atoms with E-state index in [1.54, 1.807) is 0 Å². The van der Waals surface area contributed by atoms with Crippen molar-refractivity contribution < 1.29 is 0 Å². The van der Waals surface area contributed by atoms with Crippen LogP contribution in [0.1, 0.15) is 45.6 Å². The first kappa shape index (κ1) is 16.7. The van der Waals surface area contributed by atoms with Crippen molar-refractivity contribution in [2.75, 3.05) is 37.6 Å². The van der Waals surface area contributed by atoms with E-state index in [2.05, 4.69) is 45.4 Å². The fourth-order valence-corrected chi connectivity index (χ4v) is 3.89. The van der Waals surface area contributed by atoms with Crippen LogP contribution in [0.15, 0.2) is 12.4 Å². The van der Waals surface area contributed by atoms with Crippen LogP contribution in [-0.2, 0) is 6.54 Å². The van der Waals surface area contributed by atoms with Gasteiger partial charge in [-0.1, -0.05) is 6.92 Å². The SMILES string of the molecule is CCC1CN(Cc2cnc(N3CCCC3)nc2)CCN1C(C)C. The van der Waals surface area contributed by atoms with Crippen LogP contribution in [0.25, 0.3) is 0 Å². The van der Waals surface area contributed by atoms with Crippen molar-refractivity contribution in [1.82, 2.24) is 19.8 Å². The first-order chi connectivity index (χ1) is 11.2. The summed E-state index contributed by atoms with van der Waals surface area (Å²) in [5.74, 6) is 0.905. The third kappa shape index (κ3) is 4.01. The molecule has 1 atom stereocenters. The molecule has 0 saturated carbocycles. The van der Waals surface area contributed by atoms with Crippen molar-refractivity contribution in [3.05, 3.63) is 18.0 Å². The van der Waals surface area contributed by atoms with Gasteiger partial charge >= 0.3 is 0 Å². The molecular formula is C18H31N5. The van der Waals surface area contributed by atoms with E-state index in [4.69, 9.17) is 0 Å². The Hall–Kier alpha value is -1.20. The fourth-order valence-electron chi connectivity index (χ4n) is 3.89. The molecule has 3 heterocycles. The minimum Gasteiger partial charge on any atom is -0.341 e. The first-order valence-corrected chi connectivity index (χ1v) is 9.21. The maximum atomic E-state index is 4.59. The van der Waals surface area contributed by atoms with Crippen molar-refractivity contribution in [3.63, 3.8) is 0 Å². The van der Waals surface area contributed by atoms with Gasteiger partial charge in [-0.05, 0) is 33.1 Å². The zero-order valence-corrected chi connectivity index (χ0v) is 14.9. The highest BCUT2D eigenvalue weighted by Gasteiger charge is 2.27. The fraction of sp³-hybridized carbons (Fsp3) is 0.778. The van der Waals surface area contributed by atoms with E-state index in [0.29, 0.717) is 12.1 Å². The molecule has 0 bridgehead atoms. The standard InChI is InChI=1S/C18H31N5/c1-4-17-14-21(9-10-23(17)15(2)3)13-16-11-19-18(20-12-16)22-7-5-6-8-22/h11-12,15,17H,4-10,13-14H2,1-3H3. The summed E-state index contributed by atoms with van der Waals surface area (Å²) in [4.78, 5) is 16.7. The van der Waals surface area contributed by atoms with E-state index in [1.807, 2.05) is 12.4 Å². The Kier molecular flexibility index (Phi) is 5.49. The molecule has 5 nitrogen and oxygen atoms in total. The van der Waals surface area contributed by atoms with Crippen LogP contribution >= 0.6 is 0 Å². The molecule has 0 aliphatic carbocycles. The number of rotatable bonds is 5. The van der Waals surface area contributed by atoms with Gasteiger partial charge in [0, 0.05) is 69.3 Å². The molecule has 2 fully saturated rings. The van der Waals surface area contributed by atoms with Crippen molar-refractivity contribution in [3.8, 4) is 0 Å². The van der Waals surface area contributed by atoms with Gasteiger partial charge in [-0.25, -0.2) is 9.97 Å². The van der Waals surface area contributed by atoms with E-state index in [1.165, 1.54) is 31.4 Å². The number of anilines is 1. The van der Waals surface area contributed by atoms with E-state index < -0.39 is 0 Å². The molecule has 2 aliphatic rings. The lowest BCUT2D eigenvalue weighted by Gasteiger charge is -2.43. The van der Waals surface area contributed by atoms with Crippen LogP contribution in [-0.4, -0.2) is 64.6 Å². The van der Waals surface area contributed by atoms with Crippen LogP contribution in [0.4, 0.5) is 5.95 Å². The summed E-state index contributed by atoms with van der Waals surface area (Å²) in [5, 5.41) is 0. The maximum absolute atomic E-state index is 4.59. The highest BCUT2D eigenvalue weighted by atomic mass is 15.3. The highest BCUT2D eigenvalue weighted by Crippen LogP contribution is 2.19. The van der Waals surface area contributed by atoms with Gasteiger partial charge in [0.15, 0.2) is 0 Å². The molecule has 1 unspecified atom stereocenters. The predicted molar refractivity (Wildman–Crippen MR) is 94.7 cm³/mol. The van der Waals surface area contributed by atoms with E-state index >= 15 is 0 Å². The first-order valence-electron chi connectivity index (χ1n) is 9.21. The second-order valence-electron chi connectivity index (χ2n) is 7.21. The number of hydrogen-bond acceptors (Lipinski definition) is 5. The lowest BCUT2D eigenvalue weighted by molar-refractivity contribution is 0.0456. The van der Waals surface area contributed by atoms with Gasteiger partial charge in [-0.2, -0.15) is 0 Å². The summed E-state index contributed by atoms with van der Waals surface area (Å²) in [6, 6.07) is 1.32. The highest BCUT2D eigenvalue weighted by molar-refractivity contribution is 5.30. The molecule has 23 heavy (non-hydrogen) atoms. The third-order valence-corrected chi connectivity index (χ3v) is 5.23. The zero-order chi connectivity index (χ0) is 16.2. The van der Waals surface area contributed by atoms with Crippen molar-refractivity contribution in [2.45, 2.75) is 58.7 Å². The zero-order valence-electron chi connectivity index (χ0n) is 14.9. The normalized spacial score (nSPS) is 23.8. The van der Waals surface area contributed by atoms with Crippen LogP contribution in [0, 0.1) is 0 Å². The van der Waals surface area contributed by atoms with Gasteiger partial charge in [0.25, 0.3) is 0 Å². The topological polar surface area (TPSA) is 35.5 Å². The largest absolute Gasteiger partial charge is 0.341 e. The van der Waals surface area contributed by atoms with Gasteiger partial charge in [-0.15, -0.1) is 0 Å². The summed E-state index contributed by atoms with van der Waals surface area (Å²) in [5.41, 5.74) is 1.24. The number of aromatic nitrogens is 2. The number of piperazine rings is 1. The van der Waals surface area contributed by atoms with Gasteiger partial charge in [-0.3, -0.25) is 9.80 Å². The lowest BCUT2D eigenvalue weighted by Crippen LogP contribution is -2.54. The van der Waals surface area contributed by atoms with Crippen molar-refractivity contribution in [1.29, 1.82) is 0 Å². The molecule has 0 aromatic carbocycles. The average molecular weight is 317 g/mol. The quantitative estimate of drug-likeness (QED) is 0.833. The average Bonchev–Trinajstić information content (AvgIpc) is 3.09. The van der Waals surface area contributed by atoms with Gasteiger partial charge in [0.1, 0.15) is 0 Å². The second kappa shape index (κ2) is 7.58. The van der Waals surface area contributed by atoms with Crippen LogP contribution in [0.2, 0.25) is 0 Å². The second-order valence-corrected chi connectivity index (χ2v) is 7.21. The summed E-state index contributed by atoms with van der Waals surface area (Å²) in [6.45, 7) is 13.6. The monoisotopic (exact) mass is 317 g/mol. The minimum absolute atomic E-state index is 0.644. The molecular weight excluding hydrogens is 286 g/mol. The Morgan fingerprint density at radius 3 is 2.39 bits per heavy atom. The van der Waals surface area contributed by atoms with Crippen LogP contribution < -0.4 is 4.90 Å². The molecule has 0 radical (unpaired) electrons. The van der Waals surface area contributed by atoms with E-state index in [0.717, 1.165) is 38.7 Å². The molecule has 1 aromatic heterocycles. The summed E-state index contributed by atoms with van der Waals surface area (Å²) >= 11 is 0. The lowest BCUT2D eigenvalue weighted by atomic mass is 10.1. The summed E-state index contributed by atoms with van der Waals surface area (Å²) in [6.07, 6.45) is 7.80. The predicted octanol–water partition coefficient (Wildman–Crippen LogP) is 2.38. The summed E-state index contributed by atoms with van der Waals surface area (Å²) < 4.78 is 0. The van der Waals surface area contributed by atoms with E-state index in [-0.39, 0.29) is 0 Å². The third-order valence-electron chi connectivity index (χ3n) is 5.23. The Labute approximate surface area is 140 Å². The molecule has 0 spiro atoms. The Balaban J connectivity index is 1.57. The molecule has 2 saturated heterocycles. The molecule has 0 N–H and O–H groups in total. The smallest absolute Gasteiger partial charge is 0.225 e. The van der Waals surface area contributed by atoms with Crippen LogP contribution in [0.5, 0.6) is 0 Å². The van der Waals surface area contributed by atoms with Gasteiger partial charge in [0.05, 0.1) is 0 Å². The van der Waals surface area contributed by atoms with Gasteiger partial charge < -0.3 is 4.90 Å². The molecule has 0 amide bonds. The Bertz CT molecular complexity index is 481. The van der Waals surface area contributed by atoms with Crippen molar-refractivity contribution >= 4 is 5.95 Å². The molecule has 1 aromatic rings. The minimum atomic E-state index is 0.644. The Morgan fingerprint density at radius 1 is 1.09 bits per heavy atom. The number of hydrogen-bond donors (Lipinski definition) is 0. The van der Waals surface area contributed by atoms with Crippen molar-refractivity contribution in [2.24, 2.45) is 0 Å². The van der Waals surface area contributed by atoms with E-state index in [9.17, 15) is 0 Å². The molecule has 2 aliphatic heterocycles.